The van der Waals surface area contributed by atoms with Crippen LogP contribution in [0, 0.1) is 5.92 Å². The number of carbonyl (C=O) groups excluding carboxylic acids is 1. The Balaban J connectivity index is 1.78. The van der Waals surface area contributed by atoms with Crippen molar-refractivity contribution in [3.63, 3.8) is 0 Å². The maximum atomic E-state index is 12.1. The molecule has 1 aliphatic heterocycles. The van der Waals surface area contributed by atoms with Gasteiger partial charge in [0.1, 0.15) is 0 Å². The Morgan fingerprint density at radius 3 is 2.88 bits per heavy atom. The van der Waals surface area contributed by atoms with Gasteiger partial charge in [0.15, 0.2) is 5.82 Å². The number of carbonyl (C=O) groups is 1. The van der Waals surface area contributed by atoms with Gasteiger partial charge in [0, 0.05) is 39.7 Å². The van der Waals surface area contributed by atoms with E-state index in [2.05, 4.69) is 15.0 Å². The second-order valence-electron chi connectivity index (χ2n) is 6.43. The van der Waals surface area contributed by atoms with E-state index >= 15 is 0 Å². The topological polar surface area (TPSA) is 80.9 Å². The average Bonchev–Trinajstić information content (AvgIpc) is 2.87. The van der Waals surface area contributed by atoms with Crippen LogP contribution in [0.5, 0.6) is 0 Å². The molecule has 1 saturated heterocycles. The first-order valence-electron chi connectivity index (χ1n) is 8.53. The third kappa shape index (κ3) is 6.09. The summed E-state index contributed by atoms with van der Waals surface area (Å²) in [5.41, 5.74) is 0. The molecule has 0 bridgehead atoms. The Kier molecular flexibility index (Phi) is 7.45. The summed E-state index contributed by atoms with van der Waals surface area (Å²) in [6, 6.07) is 0. The highest BCUT2D eigenvalue weighted by Crippen LogP contribution is 2.10. The van der Waals surface area contributed by atoms with Crippen molar-refractivity contribution in [3.05, 3.63) is 11.7 Å². The van der Waals surface area contributed by atoms with Gasteiger partial charge in [-0.15, -0.1) is 0 Å². The Labute approximate surface area is 143 Å². The summed E-state index contributed by atoms with van der Waals surface area (Å²) in [5, 5.41) is 3.95. The smallest absolute Gasteiger partial charge is 0.409 e. The zero-order chi connectivity index (χ0) is 17.4. The molecule has 0 spiro atoms. The van der Waals surface area contributed by atoms with Crippen LogP contribution in [0.1, 0.15) is 32.0 Å². The van der Waals surface area contributed by atoms with Gasteiger partial charge >= 0.3 is 6.09 Å². The maximum Gasteiger partial charge on any atom is 0.409 e. The Morgan fingerprint density at radius 1 is 1.29 bits per heavy atom. The highest BCUT2D eigenvalue weighted by Gasteiger charge is 2.21. The summed E-state index contributed by atoms with van der Waals surface area (Å²) in [7, 11) is 1.65. The first-order chi connectivity index (χ1) is 11.6. The number of nitrogens with zero attached hydrogens (tertiary/aromatic N) is 4. The van der Waals surface area contributed by atoms with Gasteiger partial charge in [0.25, 0.3) is 0 Å². The van der Waals surface area contributed by atoms with E-state index in [0.717, 1.165) is 26.1 Å². The number of rotatable bonds is 7. The second-order valence-corrected chi connectivity index (χ2v) is 6.43. The van der Waals surface area contributed by atoms with Crippen LogP contribution in [0.3, 0.4) is 0 Å². The molecule has 2 heterocycles. The third-order valence-corrected chi connectivity index (χ3v) is 3.79. The summed E-state index contributed by atoms with van der Waals surface area (Å²) in [6.07, 6.45) is 1.34. The molecule has 8 heteroatoms. The van der Waals surface area contributed by atoms with E-state index in [1.807, 2.05) is 13.8 Å². The first kappa shape index (κ1) is 18.7. The molecular formula is C16H28N4O4. The lowest BCUT2D eigenvalue weighted by Crippen LogP contribution is -2.36. The van der Waals surface area contributed by atoms with Gasteiger partial charge in [0.05, 0.1) is 19.8 Å². The lowest BCUT2D eigenvalue weighted by Gasteiger charge is -2.21. The van der Waals surface area contributed by atoms with Gasteiger partial charge < -0.3 is 18.9 Å². The van der Waals surface area contributed by atoms with Gasteiger partial charge in [-0.3, -0.25) is 4.90 Å². The van der Waals surface area contributed by atoms with Gasteiger partial charge in [0.2, 0.25) is 5.89 Å². The predicted molar refractivity (Wildman–Crippen MR) is 87.5 cm³/mol. The summed E-state index contributed by atoms with van der Waals surface area (Å²) in [4.78, 5) is 20.4. The largest absolute Gasteiger partial charge is 0.449 e. The molecule has 1 amide bonds. The van der Waals surface area contributed by atoms with Crippen LogP contribution in [0.25, 0.3) is 0 Å². The van der Waals surface area contributed by atoms with Crippen molar-refractivity contribution in [1.82, 2.24) is 19.9 Å². The van der Waals surface area contributed by atoms with Crippen molar-refractivity contribution < 1.29 is 18.8 Å². The van der Waals surface area contributed by atoms with Crippen LogP contribution in [0.15, 0.2) is 4.52 Å². The Hall–Kier alpha value is -1.67. The lowest BCUT2D eigenvalue weighted by atomic mass is 10.2. The summed E-state index contributed by atoms with van der Waals surface area (Å²) >= 11 is 0. The number of aromatic nitrogens is 2. The van der Waals surface area contributed by atoms with E-state index in [0.29, 0.717) is 50.4 Å². The predicted octanol–water partition coefficient (Wildman–Crippen LogP) is 1.56. The summed E-state index contributed by atoms with van der Waals surface area (Å²) < 4.78 is 15.6. The van der Waals surface area contributed by atoms with Crippen LogP contribution in [-0.2, 0) is 22.4 Å². The maximum absolute atomic E-state index is 12.1. The minimum absolute atomic E-state index is 0.217. The van der Waals surface area contributed by atoms with Gasteiger partial charge in [-0.1, -0.05) is 19.0 Å². The zero-order valence-corrected chi connectivity index (χ0v) is 14.9. The fraction of sp³-hybridized carbons (Fsp3) is 0.812. The zero-order valence-electron chi connectivity index (χ0n) is 14.9. The quantitative estimate of drug-likeness (QED) is 0.745. The van der Waals surface area contributed by atoms with Crippen molar-refractivity contribution >= 4 is 6.09 Å². The number of amides is 1. The molecule has 0 N–H and O–H groups in total. The molecule has 2 rings (SSSR count). The molecule has 0 saturated carbocycles. The van der Waals surface area contributed by atoms with Crippen LogP contribution in [-0.4, -0.2) is 72.5 Å². The van der Waals surface area contributed by atoms with E-state index in [1.165, 1.54) is 0 Å². The molecule has 0 aliphatic carbocycles. The monoisotopic (exact) mass is 340 g/mol. The molecule has 0 aromatic carbocycles. The van der Waals surface area contributed by atoms with Crippen molar-refractivity contribution in [1.29, 1.82) is 0 Å². The van der Waals surface area contributed by atoms with Gasteiger partial charge in [-0.25, -0.2) is 4.79 Å². The van der Waals surface area contributed by atoms with Crippen LogP contribution in [0.2, 0.25) is 0 Å². The fourth-order valence-electron chi connectivity index (χ4n) is 2.48. The fourth-order valence-corrected chi connectivity index (χ4v) is 2.48. The number of ether oxygens (including phenoxy) is 2. The Bertz CT molecular complexity index is 506. The third-order valence-electron chi connectivity index (χ3n) is 3.79. The molecule has 0 atom stereocenters. The molecule has 0 unspecified atom stereocenters. The molecule has 1 aromatic heterocycles. The van der Waals surface area contributed by atoms with E-state index in [-0.39, 0.29) is 6.09 Å². The lowest BCUT2D eigenvalue weighted by molar-refractivity contribution is 0.0928. The highest BCUT2D eigenvalue weighted by atomic mass is 16.6. The van der Waals surface area contributed by atoms with Crippen LogP contribution in [0.4, 0.5) is 4.79 Å². The average molecular weight is 340 g/mol. The normalized spacial score (nSPS) is 16.4. The first-order valence-corrected chi connectivity index (χ1v) is 8.53. The summed E-state index contributed by atoms with van der Waals surface area (Å²) in [5.74, 6) is 1.62. The molecule has 24 heavy (non-hydrogen) atoms. The van der Waals surface area contributed by atoms with Crippen molar-refractivity contribution in [2.24, 2.45) is 5.92 Å². The van der Waals surface area contributed by atoms with Crippen molar-refractivity contribution in [2.75, 3.05) is 46.5 Å². The SMILES string of the molecule is COCCc1noc(CN2CCCN(C(=O)OCC(C)C)CC2)n1. The molecule has 1 aliphatic rings. The van der Waals surface area contributed by atoms with E-state index in [9.17, 15) is 4.79 Å². The molecule has 136 valence electrons. The van der Waals surface area contributed by atoms with Crippen molar-refractivity contribution in [2.45, 2.75) is 33.2 Å². The standard InChI is InChI=1S/C16H28N4O4/c1-13(2)12-23-16(21)20-7-4-6-19(8-9-20)11-15-17-14(18-24-15)5-10-22-3/h13H,4-12H2,1-3H3. The molecule has 1 aromatic rings. The highest BCUT2D eigenvalue weighted by molar-refractivity contribution is 5.67. The minimum Gasteiger partial charge on any atom is -0.449 e. The minimum atomic E-state index is -0.217. The number of hydrogen-bond donors (Lipinski definition) is 0. The number of hydrogen-bond acceptors (Lipinski definition) is 7. The molecular weight excluding hydrogens is 312 g/mol. The molecule has 8 nitrogen and oxygen atoms in total. The van der Waals surface area contributed by atoms with E-state index in [1.54, 1.807) is 12.0 Å². The second kappa shape index (κ2) is 9.58. The molecule has 0 radical (unpaired) electrons. The number of methoxy groups -OCH3 is 1. The van der Waals surface area contributed by atoms with Gasteiger partial charge in [-0.2, -0.15) is 4.98 Å². The van der Waals surface area contributed by atoms with Crippen molar-refractivity contribution in [3.8, 4) is 0 Å². The van der Waals surface area contributed by atoms with Crippen LogP contribution < -0.4 is 0 Å². The Morgan fingerprint density at radius 2 is 2.12 bits per heavy atom. The van der Waals surface area contributed by atoms with E-state index < -0.39 is 0 Å². The van der Waals surface area contributed by atoms with E-state index in [4.69, 9.17) is 14.0 Å². The molecule has 1 fully saturated rings. The van der Waals surface area contributed by atoms with Gasteiger partial charge in [-0.05, 0) is 12.3 Å². The summed E-state index contributed by atoms with van der Waals surface area (Å²) in [6.45, 7) is 8.75. The van der Waals surface area contributed by atoms with Crippen LogP contribution >= 0.6 is 0 Å².